The third kappa shape index (κ3) is 5.57. The Morgan fingerprint density at radius 2 is 2.00 bits per heavy atom. The third-order valence-electron chi connectivity index (χ3n) is 3.45. The lowest BCUT2D eigenvalue weighted by atomic mass is 10.2. The second-order valence-electron chi connectivity index (χ2n) is 5.63. The van der Waals surface area contributed by atoms with Crippen LogP contribution >= 0.6 is 22.9 Å². The van der Waals surface area contributed by atoms with Crippen LogP contribution in [0.15, 0.2) is 12.1 Å². The van der Waals surface area contributed by atoms with Crippen molar-refractivity contribution in [3.63, 3.8) is 0 Å². The van der Waals surface area contributed by atoms with Crippen LogP contribution in [0.5, 0.6) is 11.5 Å². The zero-order valence-corrected chi connectivity index (χ0v) is 16.9. The van der Waals surface area contributed by atoms with E-state index < -0.39 is 0 Å². The molecule has 0 atom stereocenters. The molecule has 1 N–H and O–H groups in total. The number of nitrogens with zero attached hydrogens (tertiary/aromatic N) is 2. The predicted octanol–water partition coefficient (Wildman–Crippen LogP) is 4.97. The first-order chi connectivity index (χ1) is 12.6. The number of ether oxygens (including phenoxy) is 2. The quantitative estimate of drug-likeness (QED) is 0.612. The number of benzene rings is 1. The van der Waals surface area contributed by atoms with Gasteiger partial charge < -0.3 is 9.47 Å². The van der Waals surface area contributed by atoms with Gasteiger partial charge >= 0.3 is 0 Å². The molecule has 0 fully saturated rings. The smallest absolute Gasteiger partial charge is 0.257 e. The monoisotopic (exact) mass is 397 g/mol. The molecule has 1 aromatic carbocycles. The summed E-state index contributed by atoms with van der Waals surface area (Å²) in [5.41, 5.74) is 0.382. The van der Waals surface area contributed by atoms with Crippen molar-refractivity contribution >= 4 is 34.0 Å². The number of anilines is 1. The second kappa shape index (κ2) is 10.3. The highest BCUT2D eigenvalue weighted by molar-refractivity contribution is 7.15. The Morgan fingerprint density at radius 3 is 2.69 bits per heavy atom. The number of rotatable bonds is 10. The van der Waals surface area contributed by atoms with E-state index in [0.29, 0.717) is 40.4 Å². The van der Waals surface area contributed by atoms with Gasteiger partial charge in [-0.05, 0) is 31.9 Å². The van der Waals surface area contributed by atoms with Gasteiger partial charge in [0.25, 0.3) is 5.91 Å². The van der Waals surface area contributed by atoms with Crippen molar-refractivity contribution in [3.8, 4) is 11.5 Å². The van der Waals surface area contributed by atoms with E-state index in [0.717, 1.165) is 30.7 Å². The molecular weight excluding hydrogens is 374 g/mol. The van der Waals surface area contributed by atoms with Crippen LogP contribution in [-0.2, 0) is 6.42 Å². The van der Waals surface area contributed by atoms with Crippen molar-refractivity contribution in [3.05, 3.63) is 27.7 Å². The van der Waals surface area contributed by atoms with Crippen molar-refractivity contribution in [1.29, 1.82) is 0 Å². The average Bonchev–Trinajstić information content (AvgIpc) is 3.06. The van der Waals surface area contributed by atoms with Gasteiger partial charge in [0, 0.05) is 12.0 Å². The van der Waals surface area contributed by atoms with Crippen LogP contribution in [0.25, 0.3) is 0 Å². The van der Waals surface area contributed by atoms with Gasteiger partial charge in [-0.1, -0.05) is 43.2 Å². The topological polar surface area (TPSA) is 73.3 Å². The first-order valence-corrected chi connectivity index (χ1v) is 10.0. The van der Waals surface area contributed by atoms with Crippen molar-refractivity contribution in [2.45, 2.75) is 46.5 Å². The standard InChI is InChI=1S/C18H24ClN3O3S/c1-4-7-8-15-21-22-18(26-15)20-17(23)12-10-13(19)16(25-9-5-2)14(11-12)24-6-3/h10-11H,4-9H2,1-3H3,(H,20,22,23). The van der Waals surface area contributed by atoms with Crippen molar-refractivity contribution in [2.24, 2.45) is 0 Å². The zero-order valence-electron chi connectivity index (χ0n) is 15.3. The van der Waals surface area contributed by atoms with Crippen LogP contribution in [0, 0.1) is 0 Å². The second-order valence-corrected chi connectivity index (χ2v) is 7.09. The fourth-order valence-corrected chi connectivity index (χ4v) is 3.25. The van der Waals surface area contributed by atoms with E-state index in [4.69, 9.17) is 21.1 Å². The van der Waals surface area contributed by atoms with E-state index in [2.05, 4.69) is 22.4 Å². The molecule has 0 spiro atoms. The fraction of sp³-hybridized carbons (Fsp3) is 0.500. The molecule has 0 unspecified atom stereocenters. The van der Waals surface area contributed by atoms with Crippen LogP contribution in [0.4, 0.5) is 5.13 Å². The van der Waals surface area contributed by atoms with Gasteiger partial charge in [0.1, 0.15) is 5.01 Å². The van der Waals surface area contributed by atoms with E-state index in [-0.39, 0.29) is 5.91 Å². The molecule has 0 aliphatic heterocycles. The number of amides is 1. The van der Waals surface area contributed by atoms with Crippen LogP contribution in [0.3, 0.4) is 0 Å². The van der Waals surface area contributed by atoms with Gasteiger partial charge in [-0.3, -0.25) is 10.1 Å². The average molecular weight is 398 g/mol. The zero-order chi connectivity index (χ0) is 18.9. The number of aromatic nitrogens is 2. The van der Waals surface area contributed by atoms with Crippen molar-refractivity contribution in [1.82, 2.24) is 10.2 Å². The molecule has 26 heavy (non-hydrogen) atoms. The minimum Gasteiger partial charge on any atom is -0.490 e. The maximum Gasteiger partial charge on any atom is 0.257 e. The number of hydrogen-bond acceptors (Lipinski definition) is 6. The maximum atomic E-state index is 12.5. The minimum atomic E-state index is -0.312. The number of unbranched alkanes of at least 4 members (excludes halogenated alkanes) is 1. The fourth-order valence-electron chi connectivity index (χ4n) is 2.21. The Morgan fingerprint density at radius 1 is 1.19 bits per heavy atom. The van der Waals surface area contributed by atoms with E-state index in [1.54, 1.807) is 12.1 Å². The summed E-state index contributed by atoms with van der Waals surface area (Å²) in [5, 5.41) is 12.6. The lowest BCUT2D eigenvalue weighted by Crippen LogP contribution is -2.12. The highest BCUT2D eigenvalue weighted by atomic mass is 35.5. The number of hydrogen-bond donors (Lipinski definition) is 1. The van der Waals surface area contributed by atoms with Crippen LogP contribution in [0.2, 0.25) is 5.02 Å². The summed E-state index contributed by atoms with van der Waals surface area (Å²) >= 11 is 7.69. The van der Waals surface area contributed by atoms with E-state index in [9.17, 15) is 4.79 Å². The third-order valence-corrected chi connectivity index (χ3v) is 4.63. The van der Waals surface area contributed by atoms with Crippen LogP contribution < -0.4 is 14.8 Å². The Kier molecular flexibility index (Phi) is 8.12. The number of aryl methyl sites for hydroxylation is 1. The van der Waals surface area contributed by atoms with E-state index in [1.807, 2.05) is 13.8 Å². The van der Waals surface area contributed by atoms with E-state index in [1.165, 1.54) is 11.3 Å². The number of nitrogens with one attached hydrogen (secondary N) is 1. The maximum absolute atomic E-state index is 12.5. The summed E-state index contributed by atoms with van der Waals surface area (Å²) in [6.07, 6.45) is 3.86. The number of halogens is 1. The minimum absolute atomic E-state index is 0.312. The summed E-state index contributed by atoms with van der Waals surface area (Å²) in [5.74, 6) is 0.609. The van der Waals surface area contributed by atoms with Crippen LogP contribution in [-0.4, -0.2) is 29.3 Å². The first-order valence-electron chi connectivity index (χ1n) is 8.81. The molecule has 1 aromatic heterocycles. The normalized spacial score (nSPS) is 10.6. The molecule has 1 heterocycles. The van der Waals surface area contributed by atoms with Gasteiger partial charge in [-0.15, -0.1) is 10.2 Å². The van der Waals surface area contributed by atoms with Crippen molar-refractivity contribution < 1.29 is 14.3 Å². The summed E-state index contributed by atoms with van der Waals surface area (Å²) < 4.78 is 11.2. The summed E-state index contributed by atoms with van der Waals surface area (Å²) in [7, 11) is 0. The molecule has 0 bridgehead atoms. The highest BCUT2D eigenvalue weighted by Crippen LogP contribution is 2.37. The summed E-state index contributed by atoms with van der Waals surface area (Å²) in [6, 6.07) is 3.21. The molecule has 8 heteroatoms. The molecule has 1 amide bonds. The highest BCUT2D eigenvalue weighted by Gasteiger charge is 2.17. The molecule has 0 aliphatic carbocycles. The molecule has 2 aromatic rings. The van der Waals surface area contributed by atoms with Gasteiger partial charge in [-0.25, -0.2) is 0 Å². The Bertz CT molecular complexity index is 736. The van der Waals surface area contributed by atoms with Crippen molar-refractivity contribution in [2.75, 3.05) is 18.5 Å². The van der Waals surface area contributed by atoms with Gasteiger partial charge in [0.05, 0.1) is 18.2 Å². The lowest BCUT2D eigenvalue weighted by Gasteiger charge is -2.14. The summed E-state index contributed by atoms with van der Waals surface area (Å²) in [4.78, 5) is 12.5. The Labute approximate surface area is 162 Å². The Hall–Kier alpha value is -1.86. The van der Waals surface area contributed by atoms with Gasteiger partial charge in [0.15, 0.2) is 11.5 Å². The molecule has 0 saturated heterocycles. The Balaban J connectivity index is 2.16. The largest absolute Gasteiger partial charge is 0.490 e. The first kappa shape index (κ1) is 20.5. The molecule has 2 rings (SSSR count). The van der Waals surface area contributed by atoms with E-state index >= 15 is 0 Å². The van der Waals surface area contributed by atoms with Gasteiger partial charge in [0.2, 0.25) is 5.13 Å². The molecule has 0 radical (unpaired) electrons. The number of carbonyl (C=O) groups excluding carboxylic acids is 1. The molecule has 0 aliphatic rings. The van der Waals surface area contributed by atoms with Crippen LogP contribution in [0.1, 0.15) is 55.4 Å². The molecule has 142 valence electrons. The predicted molar refractivity (Wildman–Crippen MR) is 105 cm³/mol. The van der Waals surface area contributed by atoms with Gasteiger partial charge in [-0.2, -0.15) is 0 Å². The SMILES string of the molecule is CCCCc1nnc(NC(=O)c2cc(Cl)c(OCCC)c(OCC)c2)s1. The summed E-state index contributed by atoms with van der Waals surface area (Å²) in [6.45, 7) is 6.96. The molecule has 6 nitrogen and oxygen atoms in total. The molecular formula is C18H24ClN3O3S. The lowest BCUT2D eigenvalue weighted by molar-refractivity contribution is 0.102. The molecule has 0 saturated carbocycles. The number of carbonyl (C=O) groups is 1.